The van der Waals surface area contributed by atoms with E-state index in [1.54, 1.807) is 6.07 Å². The van der Waals surface area contributed by atoms with Gasteiger partial charge in [-0.1, -0.05) is 6.07 Å². The molecule has 0 amide bonds. The monoisotopic (exact) mass is 299 g/mol. The van der Waals surface area contributed by atoms with Gasteiger partial charge in [-0.3, -0.25) is 4.57 Å². The summed E-state index contributed by atoms with van der Waals surface area (Å²) in [6, 6.07) is 12.2. The Morgan fingerprint density at radius 1 is 1.29 bits per heavy atom. The van der Waals surface area contributed by atoms with Crippen LogP contribution in [0.4, 0.5) is 4.39 Å². The summed E-state index contributed by atoms with van der Waals surface area (Å²) in [6.07, 6.45) is 0. The second-order valence-corrected chi connectivity index (χ2v) is 5.03. The van der Waals surface area contributed by atoms with Crippen molar-refractivity contribution in [3.8, 4) is 11.8 Å². The van der Waals surface area contributed by atoms with Crippen LogP contribution >= 0.6 is 11.6 Å². The lowest BCUT2D eigenvalue weighted by Gasteiger charge is -2.08. The van der Waals surface area contributed by atoms with E-state index in [4.69, 9.17) is 16.9 Å². The Hall–Kier alpha value is -2.38. The third-order valence-electron chi connectivity index (χ3n) is 3.33. The molecule has 0 atom stereocenters. The summed E-state index contributed by atoms with van der Waals surface area (Å²) in [6.45, 7) is 1.99. The molecule has 3 aromatic rings. The van der Waals surface area contributed by atoms with Crippen LogP contribution in [0.2, 0.25) is 0 Å². The quantitative estimate of drug-likeness (QED) is 0.669. The molecule has 2 aromatic carbocycles. The molecule has 1 aromatic heterocycles. The van der Waals surface area contributed by atoms with Gasteiger partial charge in [0.15, 0.2) is 0 Å². The maximum absolute atomic E-state index is 13.5. The Morgan fingerprint density at radius 2 is 2.10 bits per heavy atom. The van der Waals surface area contributed by atoms with Crippen LogP contribution in [0.3, 0.4) is 0 Å². The molecule has 0 aliphatic rings. The lowest BCUT2D eigenvalue weighted by atomic mass is 10.2. The number of hydrogen-bond acceptors (Lipinski definition) is 2. The second kappa shape index (κ2) is 5.19. The van der Waals surface area contributed by atoms with Crippen molar-refractivity contribution >= 4 is 22.6 Å². The van der Waals surface area contributed by atoms with Crippen LogP contribution < -0.4 is 0 Å². The van der Waals surface area contributed by atoms with Crippen molar-refractivity contribution in [2.24, 2.45) is 0 Å². The first-order chi connectivity index (χ1) is 10.1. The van der Waals surface area contributed by atoms with Gasteiger partial charge >= 0.3 is 0 Å². The zero-order valence-corrected chi connectivity index (χ0v) is 12.0. The summed E-state index contributed by atoms with van der Waals surface area (Å²) < 4.78 is 15.3. The van der Waals surface area contributed by atoms with Gasteiger partial charge in [-0.25, -0.2) is 9.37 Å². The maximum atomic E-state index is 13.5. The maximum Gasteiger partial charge on any atom is 0.141 e. The van der Waals surface area contributed by atoms with E-state index >= 15 is 0 Å². The molecule has 5 heteroatoms. The lowest BCUT2D eigenvalue weighted by Crippen LogP contribution is -2.00. The van der Waals surface area contributed by atoms with E-state index in [0.717, 1.165) is 16.6 Å². The van der Waals surface area contributed by atoms with E-state index in [-0.39, 0.29) is 11.4 Å². The number of aryl methyl sites for hydroxylation is 1. The molecule has 0 unspecified atom stereocenters. The van der Waals surface area contributed by atoms with Gasteiger partial charge in [0.1, 0.15) is 17.7 Å². The fourth-order valence-corrected chi connectivity index (χ4v) is 2.54. The lowest BCUT2D eigenvalue weighted by molar-refractivity contribution is 0.623. The number of nitrogens with zero attached hydrogens (tertiary/aromatic N) is 3. The largest absolute Gasteiger partial charge is 0.295 e. The van der Waals surface area contributed by atoms with Crippen LogP contribution in [-0.2, 0) is 5.88 Å². The van der Waals surface area contributed by atoms with Crippen molar-refractivity contribution in [1.82, 2.24) is 9.55 Å². The van der Waals surface area contributed by atoms with E-state index < -0.39 is 5.82 Å². The number of hydrogen-bond donors (Lipinski definition) is 0. The minimum absolute atomic E-state index is 0.00184. The van der Waals surface area contributed by atoms with Crippen LogP contribution in [0.25, 0.3) is 16.7 Å². The molecule has 0 saturated heterocycles. The van der Waals surface area contributed by atoms with E-state index in [1.807, 2.05) is 35.8 Å². The normalized spacial score (nSPS) is 10.8. The Balaban J connectivity index is 2.31. The Labute approximate surface area is 126 Å². The van der Waals surface area contributed by atoms with Crippen molar-refractivity contribution in [3.05, 3.63) is 59.2 Å². The number of benzene rings is 2. The number of imidazole rings is 1. The van der Waals surface area contributed by atoms with Crippen LogP contribution in [0.5, 0.6) is 0 Å². The van der Waals surface area contributed by atoms with Gasteiger partial charge in [0.05, 0.1) is 22.5 Å². The fourth-order valence-electron chi connectivity index (χ4n) is 2.36. The number of halogens is 2. The Kier molecular flexibility index (Phi) is 3.36. The first-order valence-corrected chi connectivity index (χ1v) is 6.91. The topological polar surface area (TPSA) is 41.6 Å². The second-order valence-electron chi connectivity index (χ2n) is 4.77. The van der Waals surface area contributed by atoms with Gasteiger partial charge in [0.25, 0.3) is 0 Å². The number of alkyl halides is 1. The molecule has 0 aliphatic carbocycles. The van der Waals surface area contributed by atoms with Gasteiger partial charge in [0.2, 0.25) is 0 Å². The van der Waals surface area contributed by atoms with E-state index in [9.17, 15) is 4.39 Å². The third-order valence-corrected chi connectivity index (χ3v) is 3.57. The van der Waals surface area contributed by atoms with Crippen LogP contribution in [0, 0.1) is 24.1 Å². The standard InChI is InChI=1S/C16H11ClFN3/c1-10-2-5-15-14(6-10)20-16(8-17)21(15)12-3-4-13(18)11(7-12)9-19/h2-7H,8H2,1H3. The predicted octanol–water partition coefficient (Wildman–Crippen LogP) is 4.08. The number of nitriles is 1. The van der Waals surface area contributed by atoms with Gasteiger partial charge in [-0.2, -0.15) is 5.26 Å². The average Bonchev–Trinajstić information content (AvgIpc) is 2.85. The number of fused-ring (bicyclic) bond motifs is 1. The molecule has 0 N–H and O–H groups in total. The van der Waals surface area contributed by atoms with Crippen LogP contribution in [0.1, 0.15) is 17.0 Å². The minimum atomic E-state index is -0.533. The highest BCUT2D eigenvalue weighted by Gasteiger charge is 2.13. The molecule has 0 radical (unpaired) electrons. The number of rotatable bonds is 2. The highest BCUT2D eigenvalue weighted by atomic mass is 35.5. The molecule has 3 rings (SSSR count). The van der Waals surface area contributed by atoms with Crippen molar-refractivity contribution in [1.29, 1.82) is 5.26 Å². The molecule has 1 heterocycles. The highest BCUT2D eigenvalue weighted by Crippen LogP contribution is 2.24. The first-order valence-electron chi connectivity index (χ1n) is 6.38. The summed E-state index contributed by atoms with van der Waals surface area (Å²) >= 11 is 5.98. The molecule has 0 fully saturated rings. The molecule has 21 heavy (non-hydrogen) atoms. The summed E-state index contributed by atoms with van der Waals surface area (Å²) in [5.41, 5.74) is 3.49. The molecular weight excluding hydrogens is 289 g/mol. The Morgan fingerprint density at radius 3 is 2.81 bits per heavy atom. The Bertz CT molecular complexity index is 877. The van der Waals surface area contributed by atoms with Crippen molar-refractivity contribution in [2.75, 3.05) is 0 Å². The van der Waals surface area contributed by atoms with Crippen molar-refractivity contribution < 1.29 is 4.39 Å². The summed E-state index contributed by atoms with van der Waals surface area (Å²) in [4.78, 5) is 4.50. The molecule has 104 valence electrons. The van der Waals surface area contributed by atoms with Gasteiger partial charge < -0.3 is 0 Å². The minimum Gasteiger partial charge on any atom is -0.295 e. The van der Waals surface area contributed by atoms with E-state index in [1.165, 1.54) is 12.1 Å². The van der Waals surface area contributed by atoms with E-state index in [0.29, 0.717) is 11.5 Å². The highest BCUT2D eigenvalue weighted by molar-refractivity contribution is 6.17. The summed E-state index contributed by atoms with van der Waals surface area (Å²) in [5.74, 6) is 0.356. The molecule has 0 spiro atoms. The predicted molar refractivity (Wildman–Crippen MR) is 80.0 cm³/mol. The van der Waals surface area contributed by atoms with Crippen molar-refractivity contribution in [3.63, 3.8) is 0 Å². The van der Waals surface area contributed by atoms with Crippen LogP contribution in [0.15, 0.2) is 36.4 Å². The van der Waals surface area contributed by atoms with Crippen molar-refractivity contribution in [2.45, 2.75) is 12.8 Å². The smallest absolute Gasteiger partial charge is 0.141 e. The van der Waals surface area contributed by atoms with E-state index in [2.05, 4.69) is 4.98 Å². The zero-order valence-electron chi connectivity index (χ0n) is 11.3. The zero-order chi connectivity index (χ0) is 15.0. The number of aromatic nitrogens is 2. The summed E-state index contributed by atoms with van der Waals surface area (Å²) in [7, 11) is 0. The fraction of sp³-hybridized carbons (Fsp3) is 0.125. The van der Waals surface area contributed by atoms with Gasteiger partial charge in [0, 0.05) is 5.69 Å². The molecule has 0 aliphatic heterocycles. The average molecular weight is 300 g/mol. The van der Waals surface area contributed by atoms with Gasteiger partial charge in [-0.05, 0) is 42.8 Å². The molecule has 0 bridgehead atoms. The van der Waals surface area contributed by atoms with Crippen LogP contribution in [-0.4, -0.2) is 9.55 Å². The molecule has 3 nitrogen and oxygen atoms in total. The SMILES string of the molecule is Cc1ccc2c(c1)nc(CCl)n2-c1ccc(F)c(C#N)c1. The third kappa shape index (κ3) is 2.26. The first kappa shape index (κ1) is 13.6. The molecule has 0 saturated carbocycles. The molecular formula is C16H11ClFN3. The van der Waals surface area contributed by atoms with Gasteiger partial charge in [-0.15, -0.1) is 11.6 Å². The summed E-state index contributed by atoms with van der Waals surface area (Å²) in [5, 5.41) is 8.98.